The quantitative estimate of drug-likeness (QED) is 0.574. The van der Waals surface area contributed by atoms with Crippen molar-refractivity contribution in [1.29, 1.82) is 0 Å². The average molecular weight is 230 g/mol. The van der Waals surface area contributed by atoms with E-state index in [-0.39, 0.29) is 6.61 Å². The monoisotopic (exact) mass is 230 g/mol. The molecule has 0 unspecified atom stereocenters. The molecule has 0 saturated heterocycles. The molecule has 0 N–H and O–H groups in total. The van der Waals surface area contributed by atoms with E-state index >= 15 is 0 Å². The minimum atomic E-state index is -1.18. The third kappa shape index (κ3) is 3.27. The normalized spacial score (nSPS) is 10.2. The van der Waals surface area contributed by atoms with E-state index in [0.29, 0.717) is 13.0 Å². The van der Waals surface area contributed by atoms with Crippen LogP contribution in [0.5, 0.6) is 0 Å². The molecule has 1 rings (SSSR count). The van der Waals surface area contributed by atoms with Crippen LogP contribution in [0.4, 0.5) is 8.78 Å². The number of hydrogen-bond acceptors (Lipinski definition) is 3. The molecular formula is C11H12F2O3. The highest BCUT2D eigenvalue weighted by Gasteiger charge is 2.15. The van der Waals surface area contributed by atoms with E-state index < -0.39 is 23.2 Å². The standard InChI is InChI=1S/C11H12F2O3/c1-15-6-3-7-16-11(14)8-4-2-5-9(12)10(8)13/h2,4-5H,3,6-7H2,1H3. The Labute approximate surface area is 92.0 Å². The molecule has 0 aromatic heterocycles. The van der Waals surface area contributed by atoms with Gasteiger partial charge in [-0.25, -0.2) is 13.6 Å². The third-order valence-electron chi connectivity index (χ3n) is 1.90. The van der Waals surface area contributed by atoms with E-state index in [1.807, 2.05) is 0 Å². The fourth-order valence-electron chi connectivity index (χ4n) is 1.11. The smallest absolute Gasteiger partial charge is 0.341 e. The summed E-state index contributed by atoms with van der Waals surface area (Å²) in [5.41, 5.74) is -0.391. The first kappa shape index (κ1) is 12.6. The Morgan fingerprint density at radius 2 is 2.06 bits per heavy atom. The summed E-state index contributed by atoms with van der Waals surface area (Å²) in [6.45, 7) is 0.557. The molecular weight excluding hydrogens is 218 g/mol. The molecule has 16 heavy (non-hydrogen) atoms. The zero-order valence-corrected chi connectivity index (χ0v) is 8.83. The van der Waals surface area contributed by atoms with Crippen LogP contribution in [-0.4, -0.2) is 26.3 Å². The number of methoxy groups -OCH3 is 1. The van der Waals surface area contributed by atoms with Gasteiger partial charge in [-0.2, -0.15) is 0 Å². The summed E-state index contributed by atoms with van der Waals surface area (Å²) in [5, 5.41) is 0. The van der Waals surface area contributed by atoms with Crippen molar-refractivity contribution >= 4 is 5.97 Å². The second-order valence-corrected chi connectivity index (χ2v) is 3.08. The van der Waals surface area contributed by atoms with E-state index in [0.717, 1.165) is 6.07 Å². The molecule has 0 radical (unpaired) electrons. The van der Waals surface area contributed by atoms with Gasteiger partial charge in [-0.15, -0.1) is 0 Å². The van der Waals surface area contributed by atoms with Crippen LogP contribution in [0, 0.1) is 11.6 Å². The largest absolute Gasteiger partial charge is 0.462 e. The maximum Gasteiger partial charge on any atom is 0.341 e. The number of hydrogen-bond donors (Lipinski definition) is 0. The third-order valence-corrected chi connectivity index (χ3v) is 1.90. The first-order chi connectivity index (χ1) is 7.66. The van der Waals surface area contributed by atoms with E-state index in [1.165, 1.54) is 19.2 Å². The molecule has 5 heteroatoms. The molecule has 0 amide bonds. The molecule has 0 fully saturated rings. The molecule has 0 aliphatic rings. The van der Waals surface area contributed by atoms with Crippen molar-refractivity contribution in [1.82, 2.24) is 0 Å². The van der Waals surface area contributed by atoms with Crippen molar-refractivity contribution in [3.63, 3.8) is 0 Å². The SMILES string of the molecule is COCCCOC(=O)c1cccc(F)c1F. The molecule has 3 nitrogen and oxygen atoms in total. The molecule has 0 spiro atoms. The van der Waals surface area contributed by atoms with Gasteiger partial charge in [0, 0.05) is 20.1 Å². The first-order valence-electron chi connectivity index (χ1n) is 4.77. The Morgan fingerprint density at radius 3 is 2.75 bits per heavy atom. The summed E-state index contributed by atoms with van der Waals surface area (Å²) in [5.74, 6) is -3.11. The number of carbonyl (C=O) groups excluding carboxylic acids is 1. The van der Waals surface area contributed by atoms with E-state index in [2.05, 4.69) is 0 Å². The molecule has 1 aromatic rings. The lowest BCUT2D eigenvalue weighted by atomic mass is 10.2. The van der Waals surface area contributed by atoms with Crippen LogP contribution in [0.1, 0.15) is 16.8 Å². The van der Waals surface area contributed by atoms with Crippen LogP contribution in [-0.2, 0) is 9.47 Å². The van der Waals surface area contributed by atoms with Crippen molar-refractivity contribution in [3.05, 3.63) is 35.4 Å². The Kier molecular flexibility index (Phi) is 4.85. The topological polar surface area (TPSA) is 35.5 Å². The predicted molar refractivity (Wildman–Crippen MR) is 53.1 cm³/mol. The van der Waals surface area contributed by atoms with Crippen LogP contribution in [0.15, 0.2) is 18.2 Å². The minimum absolute atomic E-state index is 0.114. The number of halogens is 2. The van der Waals surface area contributed by atoms with Crippen molar-refractivity contribution in [3.8, 4) is 0 Å². The van der Waals surface area contributed by atoms with Crippen molar-refractivity contribution in [2.24, 2.45) is 0 Å². The van der Waals surface area contributed by atoms with Gasteiger partial charge in [-0.1, -0.05) is 6.07 Å². The van der Waals surface area contributed by atoms with Crippen LogP contribution < -0.4 is 0 Å². The Hall–Kier alpha value is -1.49. The zero-order chi connectivity index (χ0) is 12.0. The average Bonchev–Trinajstić information content (AvgIpc) is 2.28. The zero-order valence-electron chi connectivity index (χ0n) is 8.83. The van der Waals surface area contributed by atoms with Gasteiger partial charge in [0.25, 0.3) is 0 Å². The summed E-state index contributed by atoms with van der Waals surface area (Å²) < 4.78 is 35.4. The molecule has 88 valence electrons. The number of ether oxygens (including phenoxy) is 2. The van der Waals surface area contributed by atoms with Gasteiger partial charge in [0.2, 0.25) is 0 Å². The second-order valence-electron chi connectivity index (χ2n) is 3.08. The highest BCUT2D eigenvalue weighted by atomic mass is 19.2. The van der Waals surface area contributed by atoms with E-state index in [4.69, 9.17) is 9.47 Å². The van der Waals surface area contributed by atoms with Gasteiger partial charge in [0.05, 0.1) is 12.2 Å². The van der Waals surface area contributed by atoms with Crippen LogP contribution in [0.25, 0.3) is 0 Å². The summed E-state index contributed by atoms with van der Waals surface area (Å²) in [7, 11) is 1.52. The number of rotatable bonds is 5. The van der Waals surface area contributed by atoms with Gasteiger partial charge in [-0.3, -0.25) is 0 Å². The maximum atomic E-state index is 13.1. The Morgan fingerprint density at radius 1 is 1.31 bits per heavy atom. The molecule has 0 bridgehead atoms. The van der Waals surface area contributed by atoms with Gasteiger partial charge in [0.15, 0.2) is 11.6 Å². The van der Waals surface area contributed by atoms with Crippen molar-refractivity contribution in [2.45, 2.75) is 6.42 Å². The molecule has 0 heterocycles. The van der Waals surface area contributed by atoms with Crippen molar-refractivity contribution < 1.29 is 23.0 Å². The highest BCUT2D eigenvalue weighted by molar-refractivity contribution is 5.89. The van der Waals surface area contributed by atoms with Crippen LogP contribution in [0.3, 0.4) is 0 Å². The van der Waals surface area contributed by atoms with Crippen LogP contribution >= 0.6 is 0 Å². The summed E-state index contributed by atoms with van der Waals surface area (Å²) in [6, 6.07) is 3.37. The van der Waals surface area contributed by atoms with Gasteiger partial charge >= 0.3 is 5.97 Å². The molecule has 0 atom stereocenters. The number of carbonyl (C=O) groups is 1. The molecule has 0 saturated carbocycles. The molecule has 1 aromatic carbocycles. The summed E-state index contributed by atoms with van der Waals surface area (Å²) in [6.07, 6.45) is 0.513. The highest BCUT2D eigenvalue weighted by Crippen LogP contribution is 2.12. The fraction of sp³-hybridized carbons (Fsp3) is 0.364. The summed E-state index contributed by atoms with van der Waals surface area (Å²) >= 11 is 0. The van der Waals surface area contributed by atoms with Crippen molar-refractivity contribution in [2.75, 3.05) is 20.3 Å². The molecule has 0 aliphatic heterocycles. The molecule has 0 aliphatic carbocycles. The second kappa shape index (κ2) is 6.17. The lowest BCUT2D eigenvalue weighted by Crippen LogP contribution is -2.10. The lowest BCUT2D eigenvalue weighted by Gasteiger charge is -2.05. The fourth-order valence-corrected chi connectivity index (χ4v) is 1.11. The Balaban J connectivity index is 2.56. The van der Waals surface area contributed by atoms with Gasteiger partial charge < -0.3 is 9.47 Å². The number of benzene rings is 1. The maximum absolute atomic E-state index is 13.1. The van der Waals surface area contributed by atoms with E-state index in [1.54, 1.807) is 0 Å². The van der Waals surface area contributed by atoms with E-state index in [9.17, 15) is 13.6 Å². The van der Waals surface area contributed by atoms with Crippen LogP contribution in [0.2, 0.25) is 0 Å². The predicted octanol–water partition coefficient (Wildman–Crippen LogP) is 2.16. The minimum Gasteiger partial charge on any atom is -0.462 e. The summed E-state index contributed by atoms with van der Waals surface area (Å²) in [4.78, 5) is 11.3. The van der Waals surface area contributed by atoms with Gasteiger partial charge in [0.1, 0.15) is 0 Å². The van der Waals surface area contributed by atoms with Gasteiger partial charge in [-0.05, 0) is 12.1 Å². The lowest BCUT2D eigenvalue weighted by molar-refractivity contribution is 0.0462. The number of esters is 1. The first-order valence-corrected chi connectivity index (χ1v) is 4.77. The Bertz CT molecular complexity index is 366.